The first kappa shape index (κ1) is 56.7. The number of imidazole rings is 1. The van der Waals surface area contributed by atoms with E-state index >= 15 is 0 Å². The first-order chi connectivity index (χ1) is 31.2. The van der Waals surface area contributed by atoms with Crippen molar-refractivity contribution in [1.82, 2.24) is 30.2 Å². The molecule has 28 nitrogen and oxygen atoms in total. The number of rotatable bonds is 26. The van der Waals surface area contributed by atoms with Gasteiger partial charge in [0.15, 0.2) is 24.0 Å². The summed E-state index contributed by atoms with van der Waals surface area (Å²) >= 11 is 0.970. The molecule has 2 unspecified atom stereocenters. The molecule has 2 fully saturated rings. The van der Waals surface area contributed by atoms with Gasteiger partial charge in [-0.3, -0.25) is 28.1 Å². The lowest BCUT2D eigenvalue weighted by molar-refractivity contribution is -0.347. The zero-order chi connectivity index (χ0) is 49.9. The first-order valence-corrected chi connectivity index (χ1v) is 25.9. The summed E-state index contributed by atoms with van der Waals surface area (Å²) < 4.78 is 72.0. The van der Waals surface area contributed by atoms with Crippen molar-refractivity contribution >= 4 is 69.1 Å². The number of allylic oxidation sites excluding steroid dienone is 1. The number of carbonyl (C=O) groups excluding carboxylic acids is 3. The van der Waals surface area contributed by atoms with Gasteiger partial charge >= 0.3 is 0 Å². The molecule has 2 aliphatic heterocycles. The number of nitrogens with one attached hydrogen (secondary N) is 2. The third kappa shape index (κ3) is 17.8. The van der Waals surface area contributed by atoms with Crippen LogP contribution in [0, 0.1) is 5.41 Å². The molecule has 2 amide bonds. The molecular formula is C35H54N7O21P3S-4. The molecule has 2 aromatic heterocycles. The van der Waals surface area contributed by atoms with E-state index in [0.717, 1.165) is 29.0 Å². The zero-order valence-corrected chi connectivity index (χ0v) is 40.0. The molecule has 4 heterocycles. The Bertz CT molecular complexity index is 2170. The maximum absolute atomic E-state index is 12.6. The lowest BCUT2D eigenvalue weighted by Gasteiger charge is -2.36. The number of ether oxygens (including phenoxy) is 3. The molecule has 2 saturated heterocycles. The van der Waals surface area contributed by atoms with E-state index < -0.39 is 109 Å². The number of unbranched alkanes of at least 4 members (excludes halogenated alkanes) is 1. The highest BCUT2D eigenvalue weighted by Crippen LogP contribution is 2.56. The fourth-order valence-corrected chi connectivity index (χ4v) is 9.71. The Morgan fingerprint density at radius 3 is 2.45 bits per heavy atom. The van der Waals surface area contributed by atoms with Gasteiger partial charge in [-0.2, -0.15) is 0 Å². The van der Waals surface area contributed by atoms with E-state index in [0.29, 0.717) is 19.3 Å². The van der Waals surface area contributed by atoms with Gasteiger partial charge in [-0.15, -0.1) is 0 Å². The molecule has 32 heteroatoms. The van der Waals surface area contributed by atoms with Gasteiger partial charge in [-0.25, -0.2) is 19.3 Å². The summed E-state index contributed by atoms with van der Waals surface area (Å²) in [5.41, 5.74) is 4.03. The van der Waals surface area contributed by atoms with E-state index in [1.807, 2.05) is 6.92 Å². The Morgan fingerprint density at radius 1 is 1.04 bits per heavy atom. The number of thioether (sulfide) groups is 1. The normalized spacial score (nSPS) is 26.5. The number of phosphoric acid groups is 3. The third-order valence-corrected chi connectivity index (χ3v) is 13.9. The summed E-state index contributed by atoms with van der Waals surface area (Å²) in [5.74, 6) is -1.38. The summed E-state index contributed by atoms with van der Waals surface area (Å²) in [6.07, 6.45) is -5.69. The van der Waals surface area contributed by atoms with Crippen LogP contribution in [0.15, 0.2) is 24.8 Å². The van der Waals surface area contributed by atoms with Crippen LogP contribution in [0.2, 0.25) is 0 Å². The van der Waals surface area contributed by atoms with Crippen LogP contribution in [0.1, 0.15) is 66.0 Å². The maximum Gasteiger partial charge on any atom is 0.274 e. The number of fused-ring (bicyclic) bond motifs is 1. The van der Waals surface area contributed by atoms with E-state index in [4.69, 9.17) is 19.9 Å². The van der Waals surface area contributed by atoms with Crippen molar-refractivity contribution in [3.8, 4) is 0 Å². The molecule has 2 aromatic rings. The number of amides is 2. The van der Waals surface area contributed by atoms with Crippen molar-refractivity contribution in [2.75, 3.05) is 37.8 Å². The number of hydrogen-bond donors (Lipinski definition) is 7. The molecule has 67 heavy (non-hydrogen) atoms. The van der Waals surface area contributed by atoms with Crippen LogP contribution >= 0.6 is 35.2 Å². The van der Waals surface area contributed by atoms with Crippen LogP contribution in [0.5, 0.6) is 0 Å². The van der Waals surface area contributed by atoms with Crippen molar-refractivity contribution in [1.29, 1.82) is 0 Å². The van der Waals surface area contributed by atoms with Gasteiger partial charge < -0.3 is 88.7 Å². The van der Waals surface area contributed by atoms with Gasteiger partial charge in [-0.05, 0) is 39.2 Å². The number of aliphatic hydroxyl groups excluding tert-OH is 4. The molecule has 0 radical (unpaired) electrons. The number of phosphoric ester groups is 3. The molecule has 0 bridgehead atoms. The highest BCUT2D eigenvalue weighted by Gasteiger charge is 2.47. The third-order valence-electron chi connectivity index (χ3n) is 10.0. The minimum absolute atomic E-state index is 0.0303. The number of aromatic nitrogens is 4. The number of nitrogen functional groups attached to an aromatic ring is 1. The minimum atomic E-state index is -5.94. The van der Waals surface area contributed by atoms with Crippen molar-refractivity contribution in [2.24, 2.45) is 5.41 Å². The van der Waals surface area contributed by atoms with Crippen LogP contribution in [0.3, 0.4) is 0 Å². The van der Waals surface area contributed by atoms with Crippen LogP contribution in [0.25, 0.3) is 11.2 Å². The monoisotopic (exact) mass is 1030 g/mol. The number of anilines is 1. The maximum atomic E-state index is 12.6. The van der Waals surface area contributed by atoms with Gasteiger partial charge in [0.2, 0.25) is 16.9 Å². The number of carbonyl (C=O) groups is 3. The van der Waals surface area contributed by atoms with Crippen molar-refractivity contribution in [2.45, 2.75) is 121 Å². The predicted octanol–water partition coefficient (Wildman–Crippen LogP) is -2.87. The van der Waals surface area contributed by atoms with E-state index in [9.17, 15) is 68.1 Å². The van der Waals surface area contributed by atoms with E-state index in [2.05, 4.69) is 43.5 Å². The second-order valence-corrected chi connectivity index (χ2v) is 21.2. The molecule has 380 valence electrons. The van der Waals surface area contributed by atoms with E-state index in [1.54, 1.807) is 13.0 Å². The molecule has 2 aliphatic rings. The van der Waals surface area contributed by atoms with Gasteiger partial charge in [0, 0.05) is 37.1 Å². The van der Waals surface area contributed by atoms with Crippen LogP contribution < -0.4 is 35.9 Å². The van der Waals surface area contributed by atoms with E-state index in [1.165, 1.54) is 19.9 Å². The molecule has 0 aromatic carbocycles. The molecule has 0 saturated carbocycles. The molecular weight excluding hydrogens is 979 g/mol. The van der Waals surface area contributed by atoms with Crippen molar-refractivity contribution in [3.05, 3.63) is 24.8 Å². The smallest absolute Gasteiger partial charge is 0.274 e. The molecule has 0 aliphatic carbocycles. The standard InChI is InChI=1S/C35H58N7O21P3S/c1-19(59-34-22(44)14-21(43)20(2)60-34)8-6-5-7-9-25(46)67-13-12-37-24(45)10-11-38-32(49)29(48)35(3,4)16-58-66(55,56)63-65(53,54)57-15-23-28(62-64(50,51)52)27(47)33(61-23)42-18-41-26-30(36)39-17-40-31(26)42/h7,9,17-23,27-29,33-34,43-44,47-48H,5-6,8,10-16H2,1-4H3,(H,37,45)(H,38,49)(H,53,54)(H,55,56)(H2,36,39,40)(H2,50,51,52)/p-4/b9-7+/t19-,20+,21-,22-,23-,27-,28-,29+,33-,34-/m1/s1. The van der Waals surface area contributed by atoms with Crippen molar-refractivity contribution in [3.63, 3.8) is 0 Å². The fourth-order valence-electron chi connectivity index (χ4n) is 6.37. The molecule has 4 rings (SSSR count). The first-order valence-electron chi connectivity index (χ1n) is 20.5. The lowest BCUT2D eigenvalue weighted by atomic mass is 9.87. The summed E-state index contributed by atoms with van der Waals surface area (Å²) in [7, 11) is -17.7. The summed E-state index contributed by atoms with van der Waals surface area (Å²) in [4.78, 5) is 96.7. The van der Waals surface area contributed by atoms with Crippen LogP contribution in [0.4, 0.5) is 5.82 Å². The molecule has 0 spiro atoms. The summed E-state index contributed by atoms with van der Waals surface area (Å²) in [5, 5.41) is 45.9. The Hall–Kier alpha value is -2.86. The fraction of sp³-hybridized carbons (Fsp3) is 0.714. The van der Waals surface area contributed by atoms with Gasteiger partial charge in [-0.1, -0.05) is 31.7 Å². The predicted molar refractivity (Wildman–Crippen MR) is 223 cm³/mol. The zero-order valence-electron chi connectivity index (χ0n) is 36.5. The van der Waals surface area contributed by atoms with Crippen LogP contribution in [-0.4, -0.2) is 144 Å². The highest BCUT2D eigenvalue weighted by atomic mass is 32.2. The second-order valence-electron chi connectivity index (χ2n) is 16.0. The summed E-state index contributed by atoms with van der Waals surface area (Å²) in [6, 6.07) is 0. The Kier molecular flexibility index (Phi) is 21.0. The Morgan fingerprint density at radius 2 is 1.75 bits per heavy atom. The van der Waals surface area contributed by atoms with Gasteiger partial charge in [0.05, 0.1) is 45.7 Å². The van der Waals surface area contributed by atoms with Gasteiger partial charge in [0.25, 0.3) is 15.6 Å². The van der Waals surface area contributed by atoms with Crippen molar-refractivity contribution < 1.29 is 100 Å². The largest absolute Gasteiger partial charge is 0.790 e. The van der Waals surface area contributed by atoms with Crippen LogP contribution in [-0.2, 0) is 60.2 Å². The average Bonchev–Trinajstić information content (AvgIpc) is 3.79. The van der Waals surface area contributed by atoms with Gasteiger partial charge in [0.1, 0.15) is 42.4 Å². The number of nitrogens with two attached hydrogens (primary N) is 1. The summed E-state index contributed by atoms with van der Waals surface area (Å²) in [6.45, 7) is 3.47. The topological polar surface area (TPSA) is 434 Å². The quantitative estimate of drug-likeness (QED) is 0.0283. The average molecular weight is 1030 g/mol. The van der Waals surface area contributed by atoms with E-state index in [-0.39, 0.29) is 59.9 Å². The Labute approximate surface area is 387 Å². The lowest BCUT2D eigenvalue weighted by Crippen LogP contribution is -2.48. The highest BCUT2D eigenvalue weighted by molar-refractivity contribution is 8.14. The second kappa shape index (κ2) is 24.8. The minimum Gasteiger partial charge on any atom is -0.790 e. The Balaban J connectivity index is 1.12. The molecule has 8 N–H and O–H groups in total. The SMILES string of the molecule is C[C@H](CCC/C=C/C(=O)SCCNC(=O)CCNC(=O)[C@H](O)C(C)(C)COP(=O)([O-])OP(=O)([O-])OC[C@H]1O[C@@H](n2cnc3c(N)ncnc32)[C@H](O)[C@@H]1OP(=O)([O-])[O-])O[C@@H]1O[C@@H](C)[C@H](O)C[C@H]1O. The number of nitrogens with zero attached hydrogens (tertiary/aromatic N) is 4. The molecule has 12 atom stereocenters. The number of hydrogen-bond acceptors (Lipinski definition) is 26. The number of aliphatic hydroxyl groups is 4.